The normalized spacial score (nSPS) is 10.7. The number of benzene rings is 2. The molecule has 0 saturated heterocycles. The third kappa shape index (κ3) is 3.19. The van der Waals surface area contributed by atoms with Crippen molar-refractivity contribution >= 4 is 28.4 Å². The number of nitrogens with one attached hydrogen (secondary N) is 2. The monoisotopic (exact) mass is 337 g/mol. The van der Waals surface area contributed by atoms with Gasteiger partial charge in [0.25, 0.3) is 0 Å². The molecule has 0 unspecified atom stereocenters. The lowest BCUT2D eigenvalue weighted by Crippen LogP contribution is -2.34. The van der Waals surface area contributed by atoms with E-state index in [4.69, 9.17) is 0 Å². The Morgan fingerprint density at radius 1 is 0.960 bits per heavy atom. The van der Waals surface area contributed by atoms with E-state index in [1.165, 1.54) is 12.1 Å². The quantitative estimate of drug-likeness (QED) is 0.496. The van der Waals surface area contributed by atoms with Crippen LogP contribution < -0.4 is 10.7 Å². The van der Waals surface area contributed by atoms with Crippen LogP contribution in [0.4, 0.5) is 5.69 Å². The summed E-state index contributed by atoms with van der Waals surface area (Å²) in [7, 11) is 0. The minimum atomic E-state index is -0.769. The fraction of sp³-hybridized carbons (Fsp3) is 0.158. The largest absolute Gasteiger partial charge is 0.508 e. The van der Waals surface area contributed by atoms with Crippen molar-refractivity contribution in [3.05, 3.63) is 59.3 Å². The summed E-state index contributed by atoms with van der Waals surface area (Å²) < 4.78 is 1.59. The SMILES string of the molecule is Cc1cc(O)cc(C)c1NC(=O)C(=O)Nn1c(C)cc2ccccc21. The van der Waals surface area contributed by atoms with Gasteiger partial charge < -0.3 is 10.4 Å². The summed E-state index contributed by atoms with van der Waals surface area (Å²) >= 11 is 0. The standard InChI is InChI=1S/C19H19N3O3/c1-11-8-15(23)9-12(2)17(11)20-18(24)19(25)21-22-13(3)10-14-6-4-5-7-16(14)22/h4-10,23H,1-3H3,(H,20,24)(H,21,25). The Morgan fingerprint density at radius 3 is 2.28 bits per heavy atom. The molecule has 2 amide bonds. The topological polar surface area (TPSA) is 83.4 Å². The molecule has 0 aliphatic carbocycles. The molecule has 6 heteroatoms. The Hall–Kier alpha value is -3.28. The van der Waals surface area contributed by atoms with E-state index in [9.17, 15) is 14.7 Å². The van der Waals surface area contributed by atoms with Crippen LogP contribution in [0, 0.1) is 20.8 Å². The molecule has 2 aromatic carbocycles. The second kappa shape index (κ2) is 6.32. The number of para-hydroxylation sites is 1. The number of aromatic hydroxyl groups is 1. The highest BCUT2D eigenvalue weighted by atomic mass is 16.3. The van der Waals surface area contributed by atoms with Gasteiger partial charge in [-0.05, 0) is 56.2 Å². The molecule has 1 heterocycles. The third-order valence-electron chi connectivity index (χ3n) is 4.07. The summed E-state index contributed by atoms with van der Waals surface area (Å²) in [4.78, 5) is 24.6. The average Bonchev–Trinajstić information content (AvgIpc) is 2.86. The average molecular weight is 337 g/mol. The summed E-state index contributed by atoms with van der Waals surface area (Å²) in [5.74, 6) is -1.42. The lowest BCUT2D eigenvalue weighted by Gasteiger charge is -2.13. The van der Waals surface area contributed by atoms with Crippen LogP contribution in [0.3, 0.4) is 0 Å². The lowest BCUT2D eigenvalue weighted by molar-refractivity contribution is -0.133. The molecule has 0 aliphatic heterocycles. The zero-order chi connectivity index (χ0) is 18.1. The molecule has 0 saturated carbocycles. The van der Waals surface area contributed by atoms with Crippen LogP contribution in [-0.4, -0.2) is 21.6 Å². The summed E-state index contributed by atoms with van der Waals surface area (Å²) in [5, 5.41) is 13.2. The first-order valence-corrected chi connectivity index (χ1v) is 7.86. The number of carbonyl (C=O) groups excluding carboxylic acids is 2. The van der Waals surface area contributed by atoms with Crippen LogP contribution >= 0.6 is 0 Å². The second-order valence-electron chi connectivity index (χ2n) is 6.03. The van der Waals surface area contributed by atoms with Crippen LogP contribution in [0.2, 0.25) is 0 Å². The van der Waals surface area contributed by atoms with Gasteiger partial charge in [0.15, 0.2) is 0 Å². The van der Waals surface area contributed by atoms with E-state index in [1.54, 1.807) is 18.5 Å². The molecule has 0 fully saturated rings. The maximum absolute atomic E-state index is 12.3. The van der Waals surface area contributed by atoms with Crippen LogP contribution in [0.5, 0.6) is 5.75 Å². The highest BCUT2D eigenvalue weighted by Crippen LogP contribution is 2.25. The predicted molar refractivity (Wildman–Crippen MR) is 97.3 cm³/mol. The zero-order valence-electron chi connectivity index (χ0n) is 14.3. The Bertz CT molecular complexity index is 966. The van der Waals surface area contributed by atoms with Crippen molar-refractivity contribution < 1.29 is 14.7 Å². The molecule has 128 valence electrons. The molecule has 3 aromatic rings. The van der Waals surface area contributed by atoms with Crippen molar-refractivity contribution in [1.29, 1.82) is 0 Å². The van der Waals surface area contributed by atoms with E-state index >= 15 is 0 Å². The van der Waals surface area contributed by atoms with E-state index in [-0.39, 0.29) is 5.75 Å². The number of hydrogen-bond donors (Lipinski definition) is 3. The highest BCUT2D eigenvalue weighted by molar-refractivity contribution is 6.42. The predicted octanol–water partition coefficient (Wildman–Crippen LogP) is 2.98. The molecule has 25 heavy (non-hydrogen) atoms. The number of phenols is 1. The molecule has 0 atom stereocenters. The first-order valence-electron chi connectivity index (χ1n) is 7.86. The minimum absolute atomic E-state index is 0.117. The number of carbonyl (C=O) groups is 2. The number of phenolic OH excluding ortho intramolecular Hbond substituents is 1. The number of anilines is 1. The molecular formula is C19H19N3O3. The van der Waals surface area contributed by atoms with Gasteiger partial charge in [-0.2, -0.15) is 0 Å². The van der Waals surface area contributed by atoms with Gasteiger partial charge in [-0.15, -0.1) is 0 Å². The molecule has 1 aromatic heterocycles. The number of aromatic nitrogens is 1. The van der Waals surface area contributed by atoms with E-state index in [0.717, 1.165) is 16.6 Å². The minimum Gasteiger partial charge on any atom is -0.508 e. The van der Waals surface area contributed by atoms with Crippen LogP contribution in [0.15, 0.2) is 42.5 Å². The van der Waals surface area contributed by atoms with Gasteiger partial charge in [0.2, 0.25) is 0 Å². The maximum Gasteiger partial charge on any atom is 0.328 e. The van der Waals surface area contributed by atoms with E-state index in [0.29, 0.717) is 16.8 Å². The van der Waals surface area contributed by atoms with E-state index in [1.807, 2.05) is 37.3 Å². The van der Waals surface area contributed by atoms with Crippen LogP contribution in [-0.2, 0) is 9.59 Å². The fourth-order valence-corrected chi connectivity index (χ4v) is 2.90. The Labute approximate surface area is 145 Å². The third-order valence-corrected chi connectivity index (χ3v) is 4.07. The summed E-state index contributed by atoms with van der Waals surface area (Å²) in [5.41, 5.74) is 6.14. The summed E-state index contributed by atoms with van der Waals surface area (Å²) in [6.45, 7) is 5.36. The summed E-state index contributed by atoms with van der Waals surface area (Å²) in [6.07, 6.45) is 0. The lowest BCUT2D eigenvalue weighted by atomic mass is 10.1. The number of nitrogens with zero attached hydrogens (tertiary/aromatic N) is 1. The Morgan fingerprint density at radius 2 is 1.60 bits per heavy atom. The molecular weight excluding hydrogens is 318 g/mol. The first-order chi connectivity index (χ1) is 11.9. The second-order valence-corrected chi connectivity index (χ2v) is 6.03. The van der Waals surface area contributed by atoms with Crippen molar-refractivity contribution in [2.45, 2.75) is 20.8 Å². The van der Waals surface area contributed by atoms with Gasteiger partial charge in [0.1, 0.15) is 5.75 Å². The van der Waals surface area contributed by atoms with Crippen molar-refractivity contribution in [1.82, 2.24) is 4.68 Å². The maximum atomic E-state index is 12.3. The van der Waals surface area contributed by atoms with E-state index < -0.39 is 11.8 Å². The molecule has 3 N–H and O–H groups in total. The van der Waals surface area contributed by atoms with Gasteiger partial charge >= 0.3 is 11.8 Å². The molecule has 0 radical (unpaired) electrons. The van der Waals surface area contributed by atoms with Crippen molar-refractivity contribution in [2.24, 2.45) is 0 Å². The first kappa shape index (κ1) is 16.6. The van der Waals surface area contributed by atoms with Crippen molar-refractivity contribution in [3.63, 3.8) is 0 Å². The number of rotatable bonds is 2. The zero-order valence-corrected chi connectivity index (χ0v) is 14.3. The van der Waals surface area contributed by atoms with Gasteiger partial charge in [0, 0.05) is 16.8 Å². The molecule has 0 bridgehead atoms. The van der Waals surface area contributed by atoms with Gasteiger partial charge in [-0.1, -0.05) is 18.2 Å². The highest BCUT2D eigenvalue weighted by Gasteiger charge is 2.18. The van der Waals surface area contributed by atoms with Gasteiger partial charge in [-0.3, -0.25) is 19.7 Å². The molecule has 0 spiro atoms. The van der Waals surface area contributed by atoms with Crippen LogP contribution in [0.25, 0.3) is 10.9 Å². The number of amides is 2. The molecule has 3 rings (SSSR count). The van der Waals surface area contributed by atoms with Crippen molar-refractivity contribution in [3.8, 4) is 5.75 Å². The van der Waals surface area contributed by atoms with Gasteiger partial charge in [-0.25, -0.2) is 0 Å². The van der Waals surface area contributed by atoms with Crippen LogP contribution in [0.1, 0.15) is 16.8 Å². The number of fused-ring (bicyclic) bond motifs is 1. The Kier molecular flexibility index (Phi) is 4.19. The van der Waals surface area contributed by atoms with Gasteiger partial charge in [0.05, 0.1) is 5.52 Å². The van der Waals surface area contributed by atoms with Crippen molar-refractivity contribution in [2.75, 3.05) is 10.7 Å². The fourth-order valence-electron chi connectivity index (χ4n) is 2.90. The molecule has 6 nitrogen and oxygen atoms in total. The number of hydrogen-bond acceptors (Lipinski definition) is 3. The molecule has 0 aliphatic rings. The smallest absolute Gasteiger partial charge is 0.328 e. The van der Waals surface area contributed by atoms with E-state index in [2.05, 4.69) is 10.7 Å². The number of aryl methyl sites for hydroxylation is 3. The summed E-state index contributed by atoms with van der Waals surface area (Å²) in [6, 6.07) is 12.6. The Balaban J connectivity index is 1.82.